The molecule has 0 radical (unpaired) electrons. The summed E-state index contributed by atoms with van der Waals surface area (Å²) in [6.45, 7) is 6.82. The van der Waals surface area contributed by atoms with E-state index < -0.39 is 12.2 Å². The van der Waals surface area contributed by atoms with E-state index >= 15 is 0 Å². The molecule has 4 nitrogen and oxygen atoms in total. The van der Waals surface area contributed by atoms with Crippen LogP contribution in [0, 0.1) is 0 Å². The van der Waals surface area contributed by atoms with Crippen molar-refractivity contribution in [3.63, 3.8) is 0 Å². The van der Waals surface area contributed by atoms with Gasteiger partial charge >= 0.3 is 0 Å². The van der Waals surface area contributed by atoms with E-state index in [9.17, 15) is 10.2 Å². The van der Waals surface area contributed by atoms with Crippen LogP contribution < -0.4 is 5.32 Å². The zero-order valence-corrected chi connectivity index (χ0v) is 21.1. The molecule has 0 bridgehead atoms. The highest BCUT2D eigenvalue weighted by Crippen LogP contribution is 2.17. The fraction of sp³-hybridized carbons (Fsp3) is 0.786. The van der Waals surface area contributed by atoms with Crippen LogP contribution >= 0.6 is 0 Å². The molecule has 0 aliphatic carbocycles. The smallest absolute Gasteiger partial charge is 0.101 e. The predicted octanol–water partition coefficient (Wildman–Crippen LogP) is 6.38. The Morgan fingerprint density at radius 3 is 1.84 bits per heavy atom. The normalized spacial score (nSPS) is 14.6. The summed E-state index contributed by atoms with van der Waals surface area (Å²) in [5.41, 5.74) is 1.16. The van der Waals surface area contributed by atoms with Crippen LogP contribution in [0.4, 0.5) is 0 Å². The van der Waals surface area contributed by atoms with Crippen LogP contribution in [0.1, 0.15) is 110 Å². The quantitative estimate of drug-likeness (QED) is 0.190. The molecule has 0 spiro atoms. The molecule has 0 saturated heterocycles. The Hall–Kier alpha value is -0.940. The molecule has 4 heteroatoms. The van der Waals surface area contributed by atoms with Crippen molar-refractivity contribution in [3.8, 4) is 0 Å². The van der Waals surface area contributed by atoms with Crippen LogP contribution in [0.15, 0.2) is 30.3 Å². The molecule has 0 amide bonds. The lowest BCUT2D eigenvalue weighted by atomic mass is 9.98. The summed E-state index contributed by atoms with van der Waals surface area (Å²) in [7, 11) is 0. The van der Waals surface area contributed by atoms with Gasteiger partial charge in [0.2, 0.25) is 0 Å². The molecule has 0 fully saturated rings. The first-order valence-corrected chi connectivity index (χ1v) is 13.3. The van der Waals surface area contributed by atoms with Gasteiger partial charge in [-0.2, -0.15) is 0 Å². The largest absolute Gasteiger partial charge is 0.395 e. The summed E-state index contributed by atoms with van der Waals surface area (Å²) >= 11 is 0. The highest BCUT2D eigenvalue weighted by atomic mass is 16.5. The number of ether oxygens (including phenoxy) is 1. The molecule has 32 heavy (non-hydrogen) atoms. The fourth-order valence-electron chi connectivity index (χ4n) is 4.26. The highest BCUT2D eigenvalue weighted by molar-refractivity contribution is 5.14. The van der Waals surface area contributed by atoms with E-state index in [1.165, 1.54) is 64.2 Å². The first-order chi connectivity index (χ1) is 15.6. The Morgan fingerprint density at radius 2 is 1.34 bits per heavy atom. The summed E-state index contributed by atoms with van der Waals surface area (Å²) in [4.78, 5) is 0. The average Bonchev–Trinajstić information content (AvgIpc) is 2.79. The SMILES string of the molecule is CCCCCCCCCCCCCC[C@H](O)[C@H](OC(C)C)[C@@H](CO)NCc1ccccc1. The lowest BCUT2D eigenvalue weighted by Crippen LogP contribution is -2.50. The molecule has 3 N–H and O–H groups in total. The number of nitrogens with one attached hydrogen (secondary N) is 1. The topological polar surface area (TPSA) is 61.7 Å². The van der Waals surface area contributed by atoms with Gasteiger partial charge in [-0.3, -0.25) is 0 Å². The second kappa shape index (κ2) is 19.5. The van der Waals surface area contributed by atoms with Crippen LogP contribution in [-0.4, -0.2) is 41.2 Å². The van der Waals surface area contributed by atoms with Gasteiger partial charge in [-0.1, -0.05) is 114 Å². The summed E-state index contributed by atoms with van der Waals surface area (Å²) in [5, 5.41) is 24.2. The molecular weight excluding hydrogens is 398 g/mol. The van der Waals surface area contributed by atoms with E-state index in [2.05, 4.69) is 24.4 Å². The van der Waals surface area contributed by atoms with Crippen LogP contribution in [0.25, 0.3) is 0 Å². The van der Waals surface area contributed by atoms with Gasteiger partial charge in [-0.25, -0.2) is 0 Å². The molecule has 1 aromatic carbocycles. The van der Waals surface area contributed by atoms with E-state index in [-0.39, 0.29) is 18.8 Å². The van der Waals surface area contributed by atoms with Crippen molar-refractivity contribution in [2.45, 2.75) is 135 Å². The van der Waals surface area contributed by atoms with Crippen molar-refractivity contribution in [1.29, 1.82) is 0 Å². The zero-order chi connectivity index (χ0) is 23.4. The van der Waals surface area contributed by atoms with Gasteiger partial charge in [-0.05, 0) is 25.8 Å². The van der Waals surface area contributed by atoms with Gasteiger partial charge < -0.3 is 20.3 Å². The van der Waals surface area contributed by atoms with Crippen molar-refractivity contribution in [2.75, 3.05) is 6.61 Å². The Kier molecular flexibility index (Phi) is 17.7. The van der Waals surface area contributed by atoms with Crippen LogP contribution in [0.3, 0.4) is 0 Å². The number of aliphatic hydroxyl groups excluding tert-OH is 2. The average molecular weight is 450 g/mol. The number of hydrogen-bond donors (Lipinski definition) is 3. The fourth-order valence-corrected chi connectivity index (χ4v) is 4.26. The van der Waals surface area contributed by atoms with E-state index in [0.29, 0.717) is 6.54 Å². The predicted molar refractivity (Wildman–Crippen MR) is 136 cm³/mol. The molecule has 0 saturated carbocycles. The third-order valence-electron chi connectivity index (χ3n) is 6.17. The second-order valence-corrected chi connectivity index (χ2v) is 9.55. The van der Waals surface area contributed by atoms with Gasteiger partial charge in [0.15, 0.2) is 0 Å². The first kappa shape index (κ1) is 29.1. The van der Waals surface area contributed by atoms with Crippen molar-refractivity contribution in [1.82, 2.24) is 5.32 Å². The molecule has 1 aromatic rings. The number of aliphatic hydroxyl groups is 2. The first-order valence-electron chi connectivity index (χ1n) is 13.3. The van der Waals surface area contributed by atoms with E-state index in [1.807, 2.05) is 32.0 Å². The van der Waals surface area contributed by atoms with Crippen molar-refractivity contribution in [3.05, 3.63) is 35.9 Å². The van der Waals surface area contributed by atoms with Gasteiger partial charge in [0.1, 0.15) is 6.10 Å². The maximum Gasteiger partial charge on any atom is 0.101 e. The summed E-state index contributed by atoms with van der Waals surface area (Å²) < 4.78 is 6.04. The minimum Gasteiger partial charge on any atom is -0.395 e. The summed E-state index contributed by atoms with van der Waals surface area (Å²) in [6, 6.07) is 9.84. The minimum absolute atomic E-state index is 0.00389. The molecule has 0 aromatic heterocycles. The molecule has 0 unspecified atom stereocenters. The van der Waals surface area contributed by atoms with Gasteiger partial charge in [-0.15, -0.1) is 0 Å². The van der Waals surface area contributed by atoms with Crippen LogP contribution in [0.5, 0.6) is 0 Å². The Balaban J connectivity index is 2.25. The molecular formula is C28H51NO3. The zero-order valence-electron chi connectivity index (χ0n) is 21.1. The van der Waals surface area contributed by atoms with E-state index in [4.69, 9.17) is 4.74 Å². The Labute approximate surface area is 198 Å². The number of hydrogen-bond acceptors (Lipinski definition) is 4. The number of benzene rings is 1. The molecule has 1 rings (SSSR count). The van der Waals surface area contributed by atoms with Crippen molar-refractivity contribution in [2.24, 2.45) is 0 Å². The van der Waals surface area contributed by atoms with Gasteiger partial charge in [0.25, 0.3) is 0 Å². The van der Waals surface area contributed by atoms with Crippen molar-refractivity contribution >= 4 is 0 Å². The van der Waals surface area contributed by atoms with Crippen LogP contribution in [-0.2, 0) is 11.3 Å². The molecule has 0 aliphatic rings. The molecule has 186 valence electrons. The van der Waals surface area contributed by atoms with Gasteiger partial charge in [0, 0.05) is 6.54 Å². The lowest BCUT2D eigenvalue weighted by molar-refractivity contribution is -0.0922. The van der Waals surface area contributed by atoms with E-state index in [1.54, 1.807) is 0 Å². The van der Waals surface area contributed by atoms with E-state index in [0.717, 1.165) is 24.8 Å². The molecule has 0 aliphatic heterocycles. The molecule has 0 heterocycles. The Morgan fingerprint density at radius 1 is 0.812 bits per heavy atom. The molecule has 3 atom stereocenters. The van der Waals surface area contributed by atoms with Crippen LogP contribution in [0.2, 0.25) is 0 Å². The van der Waals surface area contributed by atoms with Crippen molar-refractivity contribution < 1.29 is 14.9 Å². The summed E-state index contributed by atoms with van der Waals surface area (Å²) in [5.74, 6) is 0. The summed E-state index contributed by atoms with van der Waals surface area (Å²) in [6.07, 6.45) is 15.5. The number of rotatable bonds is 21. The third-order valence-corrected chi connectivity index (χ3v) is 6.17. The second-order valence-electron chi connectivity index (χ2n) is 9.55. The van der Waals surface area contributed by atoms with Gasteiger partial charge in [0.05, 0.1) is 24.9 Å². The maximum atomic E-state index is 10.8. The number of unbranched alkanes of at least 4 members (excludes halogenated alkanes) is 11. The highest BCUT2D eigenvalue weighted by Gasteiger charge is 2.29. The standard InChI is InChI=1S/C28H51NO3/c1-4-5-6-7-8-9-10-11-12-13-14-18-21-27(31)28(32-24(2)3)26(23-30)29-22-25-19-16-15-17-20-25/h15-17,19-20,24,26-31H,4-14,18,21-23H2,1-3H3/t26-,27+,28-/m1/s1. The Bertz CT molecular complexity index is 523. The minimum atomic E-state index is -0.569. The monoisotopic (exact) mass is 449 g/mol. The lowest BCUT2D eigenvalue weighted by Gasteiger charge is -2.32. The third kappa shape index (κ3) is 14.3. The maximum absolute atomic E-state index is 10.8.